The number of nitrogens with one attached hydrogen (secondary N) is 1. The van der Waals surface area contributed by atoms with Gasteiger partial charge in [0.25, 0.3) is 0 Å². The van der Waals surface area contributed by atoms with Crippen LogP contribution in [0.15, 0.2) is 0 Å². The van der Waals surface area contributed by atoms with E-state index in [1.54, 1.807) is 0 Å². The van der Waals surface area contributed by atoms with E-state index >= 15 is 0 Å². The monoisotopic (exact) mass is 188 g/mol. The molecule has 0 saturated carbocycles. The van der Waals surface area contributed by atoms with Crippen molar-refractivity contribution in [3.8, 4) is 0 Å². The molecule has 13 heavy (non-hydrogen) atoms. The summed E-state index contributed by atoms with van der Waals surface area (Å²) < 4.78 is 0. The predicted octanol–water partition coefficient (Wildman–Crippen LogP) is -0.0443. The van der Waals surface area contributed by atoms with Crippen molar-refractivity contribution in [2.24, 2.45) is 11.1 Å². The lowest BCUT2D eigenvalue weighted by atomic mass is 9.92. The average Bonchev–Trinajstić information content (AvgIpc) is 1.81. The first-order chi connectivity index (χ1) is 5.81. The number of carbonyl (C=O) groups is 2. The molecule has 0 atom stereocenters. The van der Waals surface area contributed by atoms with Crippen LogP contribution in [0.4, 0.5) is 0 Å². The third-order valence-electron chi connectivity index (χ3n) is 1.09. The summed E-state index contributed by atoms with van der Waals surface area (Å²) in [4.78, 5) is 25.8. The summed E-state index contributed by atoms with van der Waals surface area (Å²) in [5.41, 5.74) is 6.82. The van der Waals surface area contributed by atoms with Crippen LogP contribution in [-0.4, -0.2) is 18.4 Å². The normalized spacial score (nSPS) is 11.0. The molecule has 0 radical (unpaired) electrons. The van der Waals surface area contributed by atoms with E-state index in [-0.39, 0.29) is 17.9 Å². The van der Waals surface area contributed by atoms with E-state index in [1.807, 2.05) is 20.8 Å². The van der Waals surface area contributed by atoms with E-state index in [1.165, 1.54) is 0 Å². The maximum atomic E-state index is 11.1. The maximum Gasteiger partial charge on any atom is 0.246 e. The predicted molar refractivity (Wildman–Crippen MR) is 47.4 cm³/mol. The van der Waals surface area contributed by atoms with Gasteiger partial charge in [-0.05, 0) is 5.41 Å². The van der Waals surface area contributed by atoms with Crippen molar-refractivity contribution >= 4 is 11.8 Å². The molecule has 0 aliphatic carbocycles. The third kappa shape index (κ3) is 8.81. The van der Waals surface area contributed by atoms with Crippen molar-refractivity contribution in [2.45, 2.75) is 27.2 Å². The first-order valence-electron chi connectivity index (χ1n) is 4.00. The first kappa shape index (κ1) is 11.9. The molecular formula is C8H16N2O3. The van der Waals surface area contributed by atoms with Crippen molar-refractivity contribution in [3.63, 3.8) is 0 Å². The van der Waals surface area contributed by atoms with E-state index in [4.69, 9.17) is 5.73 Å². The summed E-state index contributed by atoms with van der Waals surface area (Å²) in [7, 11) is 0. The van der Waals surface area contributed by atoms with Crippen LogP contribution >= 0.6 is 0 Å². The molecule has 76 valence electrons. The van der Waals surface area contributed by atoms with Crippen LogP contribution < -0.4 is 11.2 Å². The summed E-state index contributed by atoms with van der Waals surface area (Å²) in [5.74, 6) is -0.871. The lowest BCUT2D eigenvalue weighted by Gasteiger charge is -2.16. The summed E-state index contributed by atoms with van der Waals surface area (Å²) in [6.45, 7) is 5.50. The Morgan fingerprint density at radius 3 is 2.31 bits per heavy atom. The fraction of sp³-hybridized carbons (Fsp3) is 0.750. The second-order valence-corrected chi connectivity index (χ2v) is 4.02. The van der Waals surface area contributed by atoms with E-state index < -0.39 is 5.91 Å². The van der Waals surface area contributed by atoms with Crippen LogP contribution in [0.3, 0.4) is 0 Å². The number of hydroxylamine groups is 1. The quantitative estimate of drug-likeness (QED) is 0.607. The van der Waals surface area contributed by atoms with E-state index in [0.717, 1.165) is 0 Å². The molecule has 5 nitrogen and oxygen atoms in total. The van der Waals surface area contributed by atoms with Gasteiger partial charge in [-0.3, -0.25) is 14.4 Å². The molecule has 2 amide bonds. The molecule has 0 saturated heterocycles. The van der Waals surface area contributed by atoms with Crippen LogP contribution in [-0.2, 0) is 14.4 Å². The minimum Gasteiger partial charge on any atom is -0.368 e. The van der Waals surface area contributed by atoms with E-state index in [2.05, 4.69) is 10.3 Å². The largest absolute Gasteiger partial charge is 0.368 e. The Kier molecular flexibility index (Phi) is 4.40. The summed E-state index contributed by atoms with van der Waals surface area (Å²) in [5, 5.41) is 0. The summed E-state index contributed by atoms with van der Waals surface area (Å²) >= 11 is 0. The highest BCUT2D eigenvalue weighted by atomic mass is 16.7. The Hall–Kier alpha value is -1.10. The fourth-order valence-electron chi connectivity index (χ4n) is 0.705. The SMILES string of the molecule is CC(C)(C)CC(=O)NOCC(N)=O. The molecule has 0 bridgehead atoms. The van der Waals surface area contributed by atoms with Crippen LogP contribution in [0.25, 0.3) is 0 Å². The topological polar surface area (TPSA) is 81.4 Å². The van der Waals surface area contributed by atoms with Crippen molar-refractivity contribution in [3.05, 3.63) is 0 Å². The van der Waals surface area contributed by atoms with Crippen LogP contribution in [0.5, 0.6) is 0 Å². The van der Waals surface area contributed by atoms with Gasteiger partial charge in [-0.25, -0.2) is 5.48 Å². The minimum atomic E-state index is -0.615. The molecule has 0 aromatic carbocycles. The number of primary amides is 1. The molecule has 0 heterocycles. The van der Waals surface area contributed by atoms with Crippen molar-refractivity contribution in [2.75, 3.05) is 6.61 Å². The number of hydrogen-bond donors (Lipinski definition) is 2. The Balaban J connectivity index is 3.59. The van der Waals surface area contributed by atoms with Gasteiger partial charge in [0.2, 0.25) is 11.8 Å². The Morgan fingerprint density at radius 2 is 1.92 bits per heavy atom. The molecular weight excluding hydrogens is 172 g/mol. The standard InChI is InChI=1S/C8H16N2O3/c1-8(2,3)4-7(12)10-13-5-6(9)11/h4-5H2,1-3H3,(H2,9,11)(H,10,12). The second kappa shape index (κ2) is 4.81. The van der Waals surface area contributed by atoms with Gasteiger partial charge in [-0.15, -0.1) is 0 Å². The maximum absolute atomic E-state index is 11.1. The van der Waals surface area contributed by atoms with Gasteiger partial charge in [0.05, 0.1) is 0 Å². The first-order valence-corrected chi connectivity index (χ1v) is 4.00. The molecule has 0 aromatic heterocycles. The highest BCUT2D eigenvalue weighted by molar-refractivity contribution is 5.77. The molecule has 0 aliphatic rings. The lowest BCUT2D eigenvalue weighted by Crippen LogP contribution is -2.31. The molecule has 0 unspecified atom stereocenters. The fourth-order valence-corrected chi connectivity index (χ4v) is 0.705. The van der Waals surface area contributed by atoms with Gasteiger partial charge in [0, 0.05) is 6.42 Å². The van der Waals surface area contributed by atoms with Gasteiger partial charge in [-0.2, -0.15) is 0 Å². The molecule has 0 aliphatic heterocycles. The highest BCUT2D eigenvalue weighted by Crippen LogP contribution is 2.17. The molecule has 0 rings (SSSR count). The molecule has 3 N–H and O–H groups in total. The lowest BCUT2D eigenvalue weighted by molar-refractivity contribution is -0.139. The van der Waals surface area contributed by atoms with Gasteiger partial charge in [-0.1, -0.05) is 20.8 Å². The third-order valence-corrected chi connectivity index (χ3v) is 1.09. The van der Waals surface area contributed by atoms with Crippen molar-refractivity contribution < 1.29 is 14.4 Å². The zero-order valence-electron chi connectivity index (χ0n) is 8.22. The highest BCUT2D eigenvalue weighted by Gasteiger charge is 2.15. The van der Waals surface area contributed by atoms with E-state index in [9.17, 15) is 9.59 Å². The van der Waals surface area contributed by atoms with Gasteiger partial charge >= 0.3 is 0 Å². The second-order valence-electron chi connectivity index (χ2n) is 4.02. The number of rotatable bonds is 4. The number of carbonyl (C=O) groups excluding carboxylic acids is 2. The summed E-state index contributed by atoms with van der Waals surface area (Å²) in [6.07, 6.45) is 0.339. The van der Waals surface area contributed by atoms with Crippen LogP contribution in [0.2, 0.25) is 0 Å². The van der Waals surface area contributed by atoms with Crippen molar-refractivity contribution in [1.29, 1.82) is 0 Å². The Bertz CT molecular complexity index is 196. The van der Waals surface area contributed by atoms with Gasteiger partial charge < -0.3 is 5.73 Å². The van der Waals surface area contributed by atoms with Gasteiger partial charge in [0.1, 0.15) is 0 Å². The molecule has 0 spiro atoms. The van der Waals surface area contributed by atoms with Crippen LogP contribution in [0.1, 0.15) is 27.2 Å². The van der Waals surface area contributed by atoms with Gasteiger partial charge in [0.15, 0.2) is 6.61 Å². The zero-order chi connectivity index (χ0) is 10.5. The molecule has 0 aromatic rings. The average molecular weight is 188 g/mol. The number of nitrogens with two attached hydrogens (primary N) is 1. The zero-order valence-corrected chi connectivity index (χ0v) is 8.22. The molecule has 0 fully saturated rings. The smallest absolute Gasteiger partial charge is 0.246 e. The van der Waals surface area contributed by atoms with Crippen LogP contribution in [0, 0.1) is 5.41 Å². The Labute approximate surface area is 77.6 Å². The minimum absolute atomic E-state index is 0.0971. The molecule has 5 heteroatoms. The number of hydrogen-bond acceptors (Lipinski definition) is 3. The van der Waals surface area contributed by atoms with E-state index in [0.29, 0.717) is 6.42 Å². The number of amides is 2. The van der Waals surface area contributed by atoms with Crippen molar-refractivity contribution in [1.82, 2.24) is 5.48 Å². The Morgan fingerprint density at radius 1 is 1.38 bits per heavy atom. The summed E-state index contributed by atoms with van der Waals surface area (Å²) in [6, 6.07) is 0.